The minimum Gasteiger partial charge on any atom is -0.469 e. The van der Waals surface area contributed by atoms with Crippen LogP contribution in [0.1, 0.15) is 45.8 Å². The molecule has 2 rings (SSSR count). The zero-order valence-corrected chi connectivity index (χ0v) is 12.1. The molecule has 2 atom stereocenters. The molecule has 2 heterocycles. The highest BCUT2D eigenvalue weighted by Crippen LogP contribution is 2.33. The van der Waals surface area contributed by atoms with Crippen molar-refractivity contribution in [2.45, 2.75) is 52.1 Å². The highest BCUT2D eigenvalue weighted by Gasteiger charge is 2.31. The zero-order chi connectivity index (χ0) is 13.9. The Hall–Kier alpha value is -1.09. The third-order valence-electron chi connectivity index (χ3n) is 4.02. The third kappa shape index (κ3) is 4.20. The topological polar surface area (TPSA) is 39.4 Å². The van der Waals surface area contributed by atoms with Crippen molar-refractivity contribution >= 4 is 5.78 Å². The van der Waals surface area contributed by atoms with E-state index in [2.05, 4.69) is 13.8 Å². The van der Waals surface area contributed by atoms with Gasteiger partial charge in [-0.1, -0.05) is 0 Å². The van der Waals surface area contributed by atoms with Gasteiger partial charge in [0.15, 0.2) is 0 Å². The Morgan fingerprint density at radius 2 is 2.32 bits per heavy atom. The first-order chi connectivity index (χ1) is 8.96. The highest BCUT2D eigenvalue weighted by atomic mass is 16.5. The zero-order valence-electron chi connectivity index (χ0n) is 12.1. The standard InChI is InChI=1S/C16H24O3/c1-12(17)14(10-15-5-4-7-18-15)9-13-6-8-19-16(2,3)11-13/h4-5,7,13-14H,6,8-11H2,1-3H3. The van der Waals surface area contributed by atoms with Crippen LogP contribution >= 0.6 is 0 Å². The van der Waals surface area contributed by atoms with Gasteiger partial charge < -0.3 is 9.15 Å². The van der Waals surface area contributed by atoms with Crippen LogP contribution in [-0.4, -0.2) is 18.0 Å². The first kappa shape index (κ1) is 14.3. The Morgan fingerprint density at radius 3 is 2.89 bits per heavy atom. The van der Waals surface area contributed by atoms with Gasteiger partial charge in [0.1, 0.15) is 11.5 Å². The number of ketones is 1. The van der Waals surface area contributed by atoms with E-state index in [0.717, 1.165) is 38.1 Å². The number of hydrogen-bond acceptors (Lipinski definition) is 3. The second-order valence-corrected chi connectivity index (χ2v) is 6.29. The predicted molar refractivity (Wildman–Crippen MR) is 74.0 cm³/mol. The average Bonchev–Trinajstić information content (AvgIpc) is 2.79. The summed E-state index contributed by atoms with van der Waals surface area (Å²) in [4.78, 5) is 11.8. The lowest BCUT2D eigenvalue weighted by Crippen LogP contribution is -2.35. The van der Waals surface area contributed by atoms with Crippen molar-refractivity contribution in [3.63, 3.8) is 0 Å². The number of rotatable bonds is 5. The van der Waals surface area contributed by atoms with Crippen LogP contribution in [0.4, 0.5) is 0 Å². The Bertz CT molecular complexity index is 406. The van der Waals surface area contributed by atoms with E-state index in [9.17, 15) is 4.79 Å². The summed E-state index contributed by atoms with van der Waals surface area (Å²) >= 11 is 0. The molecule has 0 N–H and O–H groups in total. The molecule has 2 unspecified atom stereocenters. The average molecular weight is 264 g/mol. The highest BCUT2D eigenvalue weighted by molar-refractivity contribution is 5.78. The van der Waals surface area contributed by atoms with Crippen LogP contribution in [0.3, 0.4) is 0 Å². The van der Waals surface area contributed by atoms with Crippen molar-refractivity contribution in [3.05, 3.63) is 24.2 Å². The number of hydrogen-bond donors (Lipinski definition) is 0. The second-order valence-electron chi connectivity index (χ2n) is 6.29. The SMILES string of the molecule is CC(=O)C(Cc1ccco1)CC1CCOC(C)(C)C1. The molecule has 3 nitrogen and oxygen atoms in total. The minimum absolute atomic E-state index is 0.0467. The van der Waals surface area contributed by atoms with Crippen LogP contribution in [0.15, 0.2) is 22.8 Å². The summed E-state index contributed by atoms with van der Waals surface area (Å²) < 4.78 is 11.1. The van der Waals surface area contributed by atoms with E-state index in [4.69, 9.17) is 9.15 Å². The Kier molecular flexibility index (Phi) is 4.46. The van der Waals surface area contributed by atoms with Gasteiger partial charge in [-0.05, 0) is 58.1 Å². The molecule has 0 bridgehead atoms. The van der Waals surface area contributed by atoms with Crippen LogP contribution in [-0.2, 0) is 16.0 Å². The number of furan rings is 1. The van der Waals surface area contributed by atoms with Gasteiger partial charge in [-0.25, -0.2) is 0 Å². The lowest BCUT2D eigenvalue weighted by atomic mass is 9.80. The van der Waals surface area contributed by atoms with E-state index >= 15 is 0 Å². The Labute approximate surface area is 115 Å². The summed E-state index contributed by atoms with van der Waals surface area (Å²) in [7, 11) is 0. The van der Waals surface area contributed by atoms with Crippen LogP contribution in [0.5, 0.6) is 0 Å². The molecule has 0 amide bonds. The maximum Gasteiger partial charge on any atom is 0.133 e. The first-order valence-electron chi connectivity index (χ1n) is 7.13. The van der Waals surface area contributed by atoms with E-state index in [1.54, 1.807) is 13.2 Å². The molecule has 1 aromatic rings. The minimum atomic E-state index is -0.0467. The second kappa shape index (κ2) is 5.91. The molecule has 1 aliphatic heterocycles. The molecule has 1 saturated heterocycles. The lowest BCUT2D eigenvalue weighted by molar-refractivity contribution is -0.122. The molecule has 106 valence electrons. The van der Waals surface area contributed by atoms with Crippen LogP contribution in [0.25, 0.3) is 0 Å². The smallest absolute Gasteiger partial charge is 0.133 e. The molecule has 1 aromatic heterocycles. The summed E-state index contributed by atoms with van der Waals surface area (Å²) in [5, 5.41) is 0. The van der Waals surface area contributed by atoms with Gasteiger partial charge in [0, 0.05) is 18.9 Å². The first-order valence-corrected chi connectivity index (χ1v) is 7.13. The number of carbonyl (C=O) groups is 1. The Morgan fingerprint density at radius 1 is 1.53 bits per heavy atom. The number of carbonyl (C=O) groups excluding carboxylic acids is 1. The van der Waals surface area contributed by atoms with E-state index in [1.165, 1.54) is 0 Å². The van der Waals surface area contributed by atoms with Crippen molar-refractivity contribution in [3.8, 4) is 0 Å². The number of ether oxygens (including phenoxy) is 1. The van der Waals surface area contributed by atoms with E-state index in [1.807, 2.05) is 12.1 Å². The largest absolute Gasteiger partial charge is 0.469 e. The van der Waals surface area contributed by atoms with Crippen molar-refractivity contribution in [2.75, 3.05) is 6.61 Å². The van der Waals surface area contributed by atoms with Crippen molar-refractivity contribution in [2.24, 2.45) is 11.8 Å². The summed E-state index contributed by atoms with van der Waals surface area (Å²) in [6.07, 6.45) is 5.44. The van der Waals surface area contributed by atoms with Gasteiger partial charge in [-0.2, -0.15) is 0 Å². The van der Waals surface area contributed by atoms with Gasteiger partial charge in [0.25, 0.3) is 0 Å². The fraction of sp³-hybridized carbons (Fsp3) is 0.688. The normalized spacial score (nSPS) is 24.1. The van der Waals surface area contributed by atoms with Crippen LogP contribution in [0, 0.1) is 11.8 Å². The van der Waals surface area contributed by atoms with Gasteiger partial charge in [0.2, 0.25) is 0 Å². The third-order valence-corrected chi connectivity index (χ3v) is 4.02. The Balaban J connectivity index is 1.95. The molecule has 1 aliphatic rings. The predicted octanol–water partition coefficient (Wildman–Crippen LogP) is 3.62. The maximum atomic E-state index is 11.8. The summed E-state index contributed by atoms with van der Waals surface area (Å²) in [5.41, 5.74) is -0.0467. The molecule has 0 radical (unpaired) electrons. The molecular weight excluding hydrogens is 240 g/mol. The van der Waals surface area contributed by atoms with Crippen molar-refractivity contribution in [1.82, 2.24) is 0 Å². The fourth-order valence-electron chi connectivity index (χ4n) is 3.03. The molecule has 0 aliphatic carbocycles. The molecule has 0 saturated carbocycles. The van der Waals surface area contributed by atoms with Crippen molar-refractivity contribution < 1.29 is 13.9 Å². The summed E-state index contributed by atoms with van der Waals surface area (Å²) in [6.45, 7) is 6.77. The molecule has 1 fully saturated rings. The molecule has 3 heteroatoms. The summed E-state index contributed by atoms with van der Waals surface area (Å²) in [6, 6.07) is 3.83. The van der Waals surface area contributed by atoms with Gasteiger partial charge >= 0.3 is 0 Å². The summed E-state index contributed by atoms with van der Waals surface area (Å²) in [5.74, 6) is 1.82. The quantitative estimate of drug-likeness (QED) is 0.815. The molecular formula is C16H24O3. The monoisotopic (exact) mass is 264 g/mol. The maximum absolute atomic E-state index is 11.8. The van der Waals surface area contributed by atoms with E-state index < -0.39 is 0 Å². The molecule has 0 spiro atoms. The lowest BCUT2D eigenvalue weighted by Gasteiger charge is -2.36. The van der Waals surface area contributed by atoms with Crippen molar-refractivity contribution in [1.29, 1.82) is 0 Å². The fourth-order valence-corrected chi connectivity index (χ4v) is 3.03. The van der Waals surface area contributed by atoms with Crippen LogP contribution in [0.2, 0.25) is 0 Å². The molecule has 0 aromatic carbocycles. The van der Waals surface area contributed by atoms with E-state index in [0.29, 0.717) is 5.92 Å². The van der Waals surface area contributed by atoms with Crippen LogP contribution < -0.4 is 0 Å². The number of Topliss-reactive ketones (excluding diaryl/α,β-unsaturated/α-hetero) is 1. The van der Waals surface area contributed by atoms with Gasteiger partial charge in [0.05, 0.1) is 11.9 Å². The van der Waals surface area contributed by atoms with Gasteiger partial charge in [-0.3, -0.25) is 4.79 Å². The van der Waals surface area contributed by atoms with Gasteiger partial charge in [-0.15, -0.1) is 0 Å². The molecule has 19 heavy (non-hydrogen) atoms. The van der Waals surface area contributed by atoms with E-state index in [-0.39, 0.29) is 17.3 Å².